The Morgan fingerprint density at radius 2 is 1.95 bits per heavy atom. The summed E-state index contributed by atoms with van der Waals surface area (Å²) in [5, 5.41) is 9.01. The molecule has 0 aliphatic heterocycles. The average molecular weight is 290 g/mol. The van der Waals surface area contributed by atoms with Gasteiger partial charge < -0.3 is 5.11 Å². The Labute approximate surface area is 126 Å². The number of carbonyl (C=O) groups is 1. The van der Waals surface area contributed by atoms with Crippen molar-refractivity contribution in [2.45, 2.75) is 43.8 Å². The second-order valence-corrected chi connectivity index (χ2v) is 6.32. The Hall–Kier alpha value is -1.40. The highest BCUT2D eigenvalue weighted by Gasteiger charge is 2.28. The third-order valence-electron chi connectivity index (χ3n) is 2.80. The van der Waals surface area contributed by atoms with Gasteiger partial charge in [-0.1, -0.05) is 44.9 Å². The molecular formula is C17H22O2S. The fourth-order valence-corrected chi connectivity index (χ4v) is 3.00. The predicted molar refractivity (Wildman–Crippen MR) is 84.7 cm³/mol. The number of hydrogen-bond acceptors (Lipinski definition) is 2. The molecule has 0 aromatic heterocycles. The Morgan fingerprint density at radius 3 is 2.45 bits per heavy atom. The van der Waals surface area contributed by atoms with Crippen LogP contribution in [0.4, 0.5) is 0 Å². The van der Waals surface area contributed by atoms with E-state index in [0.29, 0.717) is 5.92 Å². The highest BCUT2D eigenvalue weighted by atomic mass is 32.2. The van der Waals surface area contributed by atoms with Crippen LogP contribution in [0.3, 0.4) is 0 Å². The highest BCUT2D eigenvalue weighted by Crippen LogP contribution is 2.31. The van der Waals surface area contributed by atoms with Crippen molar-refractivity contribution in [3.8, 4) is 11.8 Å². The lowest BCUT2D eigenvalue weighted by molar-refractivity contribution is -0.137. The van der Waals surface area contributed by atoms with Crippen molar-refractivity contribution < 1.29 is 9.90 Å². The fraction of sp³-hybridized carbons (Fsp3) is 0.471. The number of benzene rings is 1. The van der Waals surface area contributed by atoms with Crippen LogP contribution in [-0.2, 0) is 4.79 Å². The highest BCUT2D eigenvalue weighted by molar-refractivity contribution is 8.00. The first-order valence-electron chi connectivity index (χ1n) is 6.97. The summed E-state index contributed by atoms with van der Waals surface area (Å²) >= 11 is 1.40. The van der Waals surface area contributed by atoms with E-state index >= 15 is 0 Å². The molecule has 0 fully saturated rings. The summed E-state index contributed by atoms with van der Waals surface area (Å²) in [5.41, 5.74) is 0. The van der Waals surface area contributed by atoms with E-state index in [9.17, 15) is 9.90 Å². The zero-order valence-corrected chi connectivity index (χ0v) is 13.1. The smallest absolute Gasteiger partial charge is 0.318 e. The number of rotatable bonds is 6. The molecule has 0 saturated heterocycles. The van der Waals surface area contributed by atoms with Gasteiger partial charge >= 0.3 is 5.97 Å². The normalized spacial score (nSPS) is 13.4. The predicted octanol–water partition coefficient (Wildman–Crippen LogP) is 4.31. The van der Waals surface area contributed by atoms with Crippen LogP contribution in [-0.4, -0.2) is 16.3 Å². The van der Waals surface area contributed by atoms with Crippen LogP contribution in [0.25, 0.3) is 0 Å². The average Bonchev–Trinajstić information content (AvgIpc) is 2.41. The van der Waals surface area contributed by atoms with Gasteiger partial charge in [-0.25, -0.2) is 0 Å². The SMILES string of the molecule is CCC#CC(CC(C)C)C(Sc1ccccc1)C(=O)O. The molecule has 2 nitrogen and oxygen atoms in total. The standard InChI is InChI=1S/C17H22O2S/c1-4-5-9-14(12-13(2)3)16(17(18)19)20-15-10-7-6-8-11-15/h6-8,10-11,13-14,16H,4,12H2,1-3H3,(H,18,19). The molecule has 0 heterocycles. The summed E-state index contributed by atoms with van der Waals surface area (Å²) in [6.07, 6.45) is 1.57. The van der Waals surface area contributed by atoms with Gasteiger partial charge in [0.25, 0.3) is 0 Å². The number of hydrogen-bond donors (Lipinski definition) is 1. The molecule has 20 heavy (non-hydrogen) atoms. The molecule has 0 aliphatic rings. The van der Waals surface area contributed by atoms with E-state index in [1.54, 1.807) is 0 Å². The van der Waals surface area contributed by atoms with Crippen LogP contribution in [0, 0.1) is 23.7 Å². The molecule has 3 heteroatoms. The van der Waals surface area contributed by atoms with Crippen molar-refractivity contribution in [1.29, 1.82) is 0 Å². The lowest BCUT2D eigenvalue weighted by Crippen LogP contribution is -2.26. The van der Waals surface area contributed by atoms with Crippen molar-refractivity contribution in [3.05, 3.63) is 30.3 Å². The molecule has 0 bridgehead atoms. The lowest BCUT2D eigenvalue weighted by Gasteiger charge is -2.20. The summed E-state index contributed by atoms with van der Waals surface area (Å²) in [6, 6.07) is 9.68. The van der Waals surface area contributed by atoms with E-state index in [2.05, 4.69) is 25.7 Å². The van der Waals surface area contributed by atoms with E-state index in [-0.39, 0.29) is 5.92 Å². The minimum atomic E-state index is -0.782. The van der Waals surface area contributed by atoms with Gasteiger partial charge in [0.05, 0.1) is 0 Å². The molecule has 1 aromatic carbocycles. The minimum Gasteiger partial charge on any atom is -0.480 e. The molecule has 1 N–H and O–H groups in total. The zero-order valence-electron chi connectivity index (χ0n) is 12.3. The largest absolute Gasteiger partial charge is 0.480 e. The maximum atomic E-state index is 11.6. The Kier molecular flexibility index (Phi) is 7.25. The van der Waals surface area contributed by atoms with Crippen molar-refractivity contribution >= 4 is 17.7 Å². The fourth-order valence-electron chi connectivity index (χ4n) is 1.95. The van der Waals surface area contributed by atoms with Crippen LogP contribution in [0.5, 0.6) is 0 Å². The van der Waals surface area contributed by atoms with Gasteiger partial charge in [-0.2, -0.15) is 0 Å². The van der Waals surface area contributed by atoms with Crippen molar-refractivity contribution in [2.75, 3.05) is 0 Å². The molecule has 108 valence electrons. The molecule has 0 radical (unpaired) electrons. The molecule has 0 amide bonds. The van der Waals surface area contributed by atoms with Crippen LogP contribution >= 0.6 is 11.8 Å². The van der Waals surface area contributed by atoms with E-state index in [4.69, 9.17) is 0 Å². The van der Waals surface area contributed by atoms with Crippen LogP contribution in [0.15, 0.2) is 35.2 Å². The molecule has 2 unspecified atom stereocenters. The minimum absolute atomic E-state index is 0.113. The van der Waals surface area contributed by atoms with Gasteiger partial charge in [-0.15, -0.1) is 17.7 Å². The number of carboxylic acids is 1. The number of carboxylic acid groups (broad SMARTS) is 1. The van der Waals surface area contributed by atoms with Crippen molar-refractivity contribution in [2.24, 2.45) is 11.8 Å². The third-order valence-corrected chi connectivity index (χ3v) is 4.13. The van der Waals surface area contributed by atoms with Crippen molar-refractivity contribution in [3.63, 3.8) is 0 Å². The molecule has 2 atom stereocenters. The van der Waals surface area contributed by atoms with Crippen LogP contribution < -0.4 is 0 Å². The van der Waals surface area contributed by atoms with Gasteiger partial charge in [0.2, 0.25) is 0 Å². The molecular weight excluding hydrogens is 268 g/mol. The van der Waals surface area contributed by atoms with E-state index in [0.717, 1.165) is 17.7 Å². The Bertz CT molecular complexity index is 471. The first kappa shape index (κ1) is 16.7. The molecule has 1 aromatic rings. The van der Waals surface area contributed by atoms with E-state index in [1.165, 1.54) is 11.8 Å². The monoisotopic (exact) mass is 290 g/mol. The number of aliphatic carboxylic acids is 1. The third kappa shape index (κ3) is 5.71. The summed E-state index contributed by atoms with van der Waals surface area (Å²) in [7, 11) is 0. The second kappa shape index (κ2) is 8.71. The van der Waals surface area contributed by atoms with Crippen LogP contribution in [0.1, 0.15) is 33.6 Å². The zero-order chi connectivity index (χ0) is 15.0. The van der Waals surface area contributed by atoms with Gasteiger partial charge in [0, 0.05) is 17.2 Å². The maximum absolute atomic E-state index is 11.6. The van der Waals surface area contributed by atoms with Gasteiger partial charge in [0.15, 0.2) is 0 Å². The Morgan fingerprint density at radius 1 is 1.30 bits per heavy atom. The quantitative estimate of drug-likeness (QED) is 0.626. The van der Waals surface area contributed by atoms with E-state index in [1.807, 2.05) is 37.3 Å². The maximum Gasteiger partial charge on any atom is 0.318 e. The van der Waals surface area contributed by atoms with Crippen molar-refractivity contribution in [1.82, 2.24) is 0 Å². The van der Waals surface area contributed by atoms with Gasteiger partial charge in [-0.3, -0.25) is 4.79 Å². The lowest BCUT2D eigenvalue weighted by atomic mass is 9.94. The second-order valence-electron chi connectivity index (χ2n) is 5.10. The number of thioether (sulfide) groups is 1. The summed E-state index contributed by atoms with van der Waals surface area (Å²) in [4.78, 5) is 12.6. The first-order valence-corrected chi connectivity index (χ1v) is 7.85. The first-order chi connectivity index (χ1) is 9.54. The van der Waals surface area contributed by atoms with E-state index < -0.39 is 11.2 Å². The van der Waals surface area contributed by atoms with Gasteiger partial charge in [-0.05, 0) is 24.5 Å². The molecule has 0 saturated carbocycles. The summed E-state index contributed by atoms with van der Waals surface area (Å²) in [6.45, 7) is 6.19. The van der Waals surface area contributed by atoms with Gasteiger partial charge in [0.1, 0.15) is 5.25 Å². The molecule has 0 aliphatic carbocycles. The summed E-state index contributed by atoms with van der Waals surface area (Å²) in [5.74, 6) is 5.74. The topological polar surface area (TPSA) is 37.3 Å². The van der Waals surface area contributed by atoms with Crippen LogP contribution in [0.2, 0.25) is 0 Å². The summed E-state index contributed by atoms with van der Waals surface area (Å²) < 4.78 is 0. The molecule has 0 spiro atoms. The molecule has 1 rings (SSSR count). The Balaban J connectivity index is 2.92.